The highest BCUT2D eigenvalue weighted by Gasteiger charge is 2.14. The van der Waals surface area contributed by atoms with E-state index in [9.17, 15) is 15.2 Å². The first kappa shape index (κ1) is 16.3. The van der Waals surface area contributed by atoms with Gasteiger partial charge in [0, 0.05) is 17.2 Å². The SMILES string of the molecule is COc1ccc(-c2cc(-c3ccc(C)cc3)c(C#N)c(=O)[nH]2)c(O)c1. The van der Waals surface area contributed by atoms with Crippen LogP contribution in [0.4, 0.5) is 0 Å². The Morgan fingerprint density at radius 3 is 2.40 bits per heavy atom. The molecule has 25 heavy (non-hydrogen) atoms. The van der Waals surface area contributed by atoms with Crippen LogP contribution < -0.4 is 10.3 Å². The Morgan fingerprint density at radius 2 is 1.80 bits per heavy atom. The Labute approximate surface area is 144 Å². The van der Waals surface area contributed by atoms with Gasteiger partial charge < -0.3 is 14.8 Å². The molecule has 3 aromatic rings. The van der Waals surface area contributed by atoms with Crippen molar-refractivity contribution in [1.82, 2.24) is 4.98 Å². The van der Waals surface area contributed by atoms with Gasteiger partial charge in [-0.15, -0.1) is 0 Å². The lowest BCUT2D eigenvalue weighted by Gasteiger charge is -2.10. The molecule has 2 N–H and O–H groups in total. The first-order valence-corrected chi connectivity index (χ1v) is 7.65. The molecule has 1 heterocycles. The van der Waals surface area contributed by atoms with E-state index in [2.05, 4.69) is 4.98 Å². The number of aryl methyl sites for hydroxylation is 1. The topological polar surface area (TPSA) is 86.1 Å². The zero-order valence-corrected chi connectivity index (χ0v) is 13.8. The van der Waals surface area contributed by atoms with E-state index in [0.717, 1.165) is 11.1 Å². The molecule has 5 heteroatoms. The number of methoxy groups -OCH3 is 1. The van der Waals surface area contributed by atoms with Gasteiger partial charge in [-0.25, -0.2) is 0 Å². The number of aromatic amines is 1. The van der Waals surface area contributed by atoms with E-state index in [0.29, 0.717) is 22.6 Å². The molecule has 3 rings (SSSR count). The lowest BCUT2D eigenvalue weighted by Crippen LogP contribution is -2.12. The number of aromatic nitrogens is 1. The van der Waals surface area contributed by atoms with Crippen molar-refractivity contribution >= 4 is 0 Å². The van der Waals surface area contributed by atoms with Gasteiger partial charge in [-0.05, 0) is 30.7 Å². The average molecular weight is 332 g/mol. The number of pyridine rings is 1. The van der Waals surface area contributed by atoms with Crippen molar-refractivity contribution < 1.29 is 9.84 Å². The average Bonchev–Trinajstić information content (AvgIpc) is 2.61. The van der Waals surface area contributed by atoms with E-state index in [-0.39, 0.29) is 11.3 Å². The quantitative estimate of drug-likeness (QED) is 0.767. The van der Waals surface area contributed by atoms with Crippen LogP contribution in [0.15, 0.2) is 53.3 Å². The number of rotatable bonds is 3. The van der Waals surface area contributed by atoms with Gasteiger partial charge in [0.25, 0.3) is 5.56 Å². The smallest absolute Gasteiger partial charge is 0.266 e. The number of nitriles is 1. The van der Waals surface area contributed by atoms with E-state index in [1.807, 2.05) is 37.3 Å². The molecule has 2 aromatic carbocycles. The Balaban J connectivity index is 2.22. The maximum atomic E-state index is 12.4. The third kappa shape index (κ3) is 3.10. The third-order valence-electron chi connectivity index (χ3n) is 4.00. The Hall–Kier alpha value is -3.52. The van der Waals surface area contributed by atoms with Crippen molar-refractivity contribution in [3.8, 4) is 40.0 Å². The van der Waals surface area contributed by atoms with Crippen molar-refractivity contribution in [2.24, 2.45) is 0 Å². The number of ether oxygens (including phenoxy) is 1. The standard InChI is InChI=1S/C20H16N2O3/c1-12-3-5-13(6-4-12)16-10-18(22-20(24)17(16)11-21)15-8-7-14(25-2)9-19(15)23/h3-10,23H,1-2H3,(H,22,24). The molecule has 0 atom stereocenters. The van der Waals surface area contributed by atoms with Crippen LogP contribution in [0.1, 0.15) is 11.1 Å². The molecule has 0 radical (unpaired) electrons. The normalized spacial score (nSPS) is 10.3. The molecule has 0 aliphatic carbocycles. The molecule has 0 unspecified atom stereocenters. The first-order chi connectivity index (χ1) is 12.0. The molecule has 124 valence electrons. The predicted molar refractivity (Wildman–Crippen MR) is 95.6 cm³/mol. The maximum Gasteiger partial charge on any atom is 0.266 e. The number of hydrogen-bond donors (Lipinski definition) is 2. The minimum atomic E-state index is -0.495. The fraction of sp³-hybridized carbons (Fsp3) is 0.100. The molecule has 5 nitrogen and oxygen atoms in total. The molecule has 0 saturated heterocycles. The maximum absolute atomic E-state index is 12.4. The summed E-state index contributed by atoms with van der Waals surface area (Å²) in [6.07, 6.45) is 0. The van der Waals surface area contributed by atoms with Gasteiger partial charge in [0.05, 0.1) is 12.8 Å². The van der Waals surface area contributed by atoms with E-state index < -0.39 is 5.56 Å². The summed E-state index contributed by atoms with van der Waals surface area (Å²) in [4.78, 5) is 15.0. The molecule has 0 bridgehead atoms. The molecule has 0 amide bonds. The second kappa shape index (κ2) is 6.54. The van der Waals surface area contributed by atoms with Gasteiger partial charge in [-0.2, -0.15) is 5.26 Å². The van der Waals surface area contributed by atoms with Crippen LogP contribution in [0.3, 0.4) is 0 Å². The van der Waals surface area contributed by atoms with Crippen LogP contribution in [0, 0.1) is 18.3 Å². The van der Waals surface area contributed by atoms with Gasteiger partial charge in [-0.3, -0.25) is 4.79 Å². The summed E-state index contributed by atoms with van der Waals surface area (Å²) in [5, 5.41) is 19.6. The Kier molecular flexibility index (Phi) is 4.27. The fourth-order valence-corrected chi connectivity index (χ4v) is 2.64. The van der Waals surface area contributed by atoms with Crippen LogP contribution >= 0.6 is 0 Å². The van der Waals surface area contributed by atoms with Gasteiger partial charge in [-0.1, -0.05) is 29.8 Å². The summed E-state index contributed by atoms with van der Waals surface area (Å²) in [6.45, 7) is 1.97. The molecule has 0 saturated carbocycles. The molecule has 0 spiro atoms. The van der Waals surface area contributed by atoms with Crippen LogP contribution in [0.25, 0.3) is 22.4 Å². The van der Waals surface area contributed by atoms with Crippen LogP contribution in [-0.4, -0.2) is 17.2 Å². The monoisotopic (exact) mass is 332 g/mol. The molecular formula is C20H16N2O3. The number of nitrogens with zero attached hydrogens (tertiary/aromatic N) is 1. The number of phenolic OH excluding ortho intramolecular Hbond substituents is 1. The number of benzene rings is 2. The molecular weight excluding hydrogens is 316 g/mol. The van der Waals surface area contributed by atoms with Crippen molar-refractivity contribution in [2.45, 2.75) is 6.92 Å². The highest BCUT2D eigenvalue weighted by Crippen LogP contribution is 2.33. The second-order valence-electron chi connectivity index (χ2n) is 5.66. The minimum Gasteiger partial charge on any atom is -0.507 e. The van der Waals surface area contributed by atoms with Crippen LogP contribution in [0.5, 0.6) is 11.5 Å². The minimum absolute atomic E-state index is 0.0189. The highest BCUT2D eigenvalue weighted by atomic mass is 16.5. The molecule has 0 fully saturated rings. The molecule has 0 aliphatic rings. The largest absolute Gasteiger partial charge is 0.507 e. The van der Waals surface area contributed by atoms with E-state index in [1.165, 1.54) is 13.2 Å². The van der Waals surface area contributed by atoms with Gasteiger partial charge in [0.15, 0.2) is 0 Å². The van der Waals surface area contributed by atoms with Crippen molar-refractivity contribution in [2.75, 3.05) is 7.11 Å². The summed E-state index contributed by atoms with van der Waals surface area (Å²) in [5.41, 5.74) is 2.81. The van der Waals surface area contributed by atoms with Gasteiger partial charge in [0.2, 0.25) is 0 Å². The fourth-order valence-electron chi connectivity index (χ4n) is 2.64. The van der Waals surface area contributed by atoms with Gasteiger partial charge in [0.1, 0.15) is 23.1 Å². The summed E-state index contributed by atoms with van der Waals surface area (Å²) in [6, 6.07) is 16.0. The molecule has 0 aliphatic heterocycles. The Morgan fingerprint density at radius 1 is 1.08 bits per heavy atom. The zero-order chi connectivity index (χ0) is 18.0. The van der Waals surface area contributed by atoms with Gasteiger partial charge >= 0.3 is 0 Å². The predicted octanol–water partition coefficient (Wildman–Crippen LogP) is 3.60. The summed E-state index contributed by atoms with van der Waals surface area (Å²) < 4.78 is 5.08. The molecule has 1 aromatic heterocycles. The number of nitrogens with one attached hydrogen (secondary N) is 1. The van der Waals surface area contributed by atoms with E-state index in [1.54, 1.807) is 18.2 Å². The zero-order valence-electron chi connectivity index (χ0n) is 13.8. The van der Waals surface area contributed by atoms with Crippen molar-refractivity contribution in [3.05, 3.63) is 70.0 Å². The second-order valence-corrected chi connectivity index (χ2v) is 5.66. The van der Waals surface area contributed by atoms with Crippen molar-refractivity contribution in [1.29, 1.82) is 5.26 Å². The number of aromatic hydroxyl groups is 1. The van der Waals surface area contributed by atoms with E-state index >= 15 is 0 Å². The summed E-state index contributed by atoms with van der Waals surface area (Å²) in [5.74, 6) is 0.491. The summed E-state index contributed by atoms with van der Waals surface area (Å²) >= 11 is 0. The third-order valence-corrected chi connectivity index (χ3v) is 4.00. The summed E-state index contributed by atoms with van der Waals surface area (Å²) in [7, 11) is 1.51. The number of hydrogen-bond acceptors (Lipinski definition) is 4. The lowest BCUT2D eigenvalue weighted by atomic mass is 9.98. The first-order valence-electron chi connectivity index (χ1n) is 7.65. The Bertz CT molecular complexity index is 1030. The lowest BCUT2D eigenvalue weighted by molar-refractivity contribution is 0.408. The highest BCUT2D eigenvalue weighted by molar-refractivity contribution is 5.77. The number of H-pyrrole nitrogens is 1. The number of phenols is 1. The van der Waals surface area contributed by atoms with E-state index in [4.69, 9.17) is 4.74 Å². The van der Waals surface area contributed by atoms with Crippen LogP contribution in [0.2, 0.25) is 0 Å². The van der Waals surface area contributed by atoms with Crippen molar-refractivity contribution in [3.63, 3.8) is 0 Å². The van der Waals surface area contributed by atoms with Crippen LogP contribution in [-0.2, 0) is 0 Å².